The Morgan fingerprint density at radius 3 is 2.67 bits per heavy atom. The van der Waals surface area contributed by atoms with Gasteiger partial charge in [0.15, 0.2) is 11.6 Å². The van der Waals surface area contributed by atoms with E-state index in [1.54, 1.807) is 11.6 Å². The second-order valence-corrected chi connectivity index (χ2v) is 8.45. The van der Waals surface area contributed by atoms with Crippen LogP contribution >= 0.6 is 11.3 Å². The van der Waals surface area contributed by atoms with Crippen LogP contribution in [0.5, 0.6) is 0 Å². The Labute approximate surface area is 161 Å². The zero-order valence-corrected chi connectivity index (χ0v) is 16.0. The second-order valence-electron chi connectivity index (χ2n) is 7.73. The molecule has 0 N–H and O–H groups in total. The third-order valence-corrected chi connectivity index (χ3v) is 6.49. The molecule has 7 heteroatoms. The van der Waals surface area contributed by atoms with Crippen LogP contribution in [0.25, 0.3) is 0 Å². The normalized spacial score (nSPS) is 20.1. The van der Waals surface area contributed by atoms with Crippen molar-refractivity contribution in [2.45, 2.75) is 32.2 Å². The summed E-state index contributed by atoms with van der Waals surface area (Å²) in [7, 11) is 0. The molecule has 4 rings (SSSR count). The van der Waals surface area contributed by atoms with Gasteiger partial charge in [0.1, 0.15) is 5.69 Å². The number of benzene rings is 1. The molecule has 4 nitrogen and oxygen atoms in total. The monoisotopic (exact) mass is 391 g/mol. The fourth-order valence-electron chi connectivity index (χ4n) is 4.35. The maximum absolute atomic E-state index is 13.4. The van der Waals surface area contributed by atoms with Crippen LogP contribution in [0, 0.1) is 17.0 Å². The van der Waals surface area contributed by atoms with Crippen LogP contribution in [0.1, 0.15) is 41.7 Å². The first kappa shape index (κ1) is 18.5. The van der Waals surface area contributed by atoms with E-state index in [9.17, 15) is 13.6 Å². The summed E-state index contributed by atoms with van der Waals surface area (Å²) in [5, 5.41) is 1.81. The summed E-state index contributed by atoms with van der Waals surface area (Å²) >= 11 is 1.45. The van der Waals surface area contributed by atoms with Gasteiger partial charge in [0.2, 0.25) is 0 Å². The Hall–Kier alpha value is -1.86. The third-order valence-electron chi connectivity index (χ3n) is 5.91. The van der Waals surface area contributed by atoms with Gasteiger partial charge in [-0.1, -0.05) is 6.07 Å². The average Bonchev–Trinajstić information content (AvgIpc) is 3.21. The first-order valence-electron chi connectivity index (χ1n) is 9.38. The van der Waals surface area contributed by atoms with Gasteiger partial charge in [-0.2, -0.15) is 0 Å². The highest BCUT2D eigenvalue weighted by molar-refractivity contribution is 7.07. The Bertz CT molecular complexity index is 804. The molecule has 2 aliphatic heterocycles. The van der Waals surface area contributed by atoms with Gasteiger partial charge >= 0.3 is 0 Å². The smallest absolute Gasteiger partial charge is 0.273 e. The van der Waals surface area contributed by atoms with Crippen molar-refractivity contribution in [3.05, 3.63) is 52.0 Å². The SMILES string of the molecule is O=C(c1cscn1)N1CCCC2(CCN(Cc3ccc(F)c(F)c3)CC2)C1. The zero-order valence-electron chi connectivity index (χ0n) is 15.2. The predicted molar refractivity (Wildman–Crippen MR) is 101 cm³/mol. The molecule has 0 aliphatic carbocycles. The van der Waals surface area contributed by atoms with Crippen LogP contribution in [0.3, 0.4) is 0 Å². The summed E-state index contributed by atoms with van der Waals surface area (Å²) < 4.78 is 26.5. The molecule has 2 aliphatic rings. The van der Waals surface area contributed by atoms with E-state index in [1.807, 2.05) is 10.3 Å². The fraction of sp³-hybridized carbons (Fsp3) is 0.500. The molecule has 1 amide bonds. The maximum atomic E-state index is 13.4. The summed E-state index contributed by atoms with van der Waals surface area (Å²) in [4.78, 5) is 21.1. The number of hydrogen-bond donors (Lipinski definition) is 0. The van der Waals surface area contributed by atoms with Gasteiger partial charge in [-0.3, -0.25) is 9.69 Å². The van der Waals surface area contributed by atoms with Crippen molar-refractivity contribution >= 4 is 17.2 Å². The molecule has 144 valence electrons. The van der Waals surface area contributed by atoms with Crippen LogP contribution in [0.15, 0.2) is 29.1 Å². The summed E-state index contributed by atoms with van der Waals surface area (Å²) in [5.74, 6) is -1.55. The number of rotatable bonds is 3. The number of hydrogen-bond acceptors (Lipinski definition) is 4. The fourth-order valence-corrected chi connectivity index (χ4v) is 4.88. The van der Waals surface area contributed by atoms with E-state index in [2.05, 4.69) is 9.88 Å². The van der Waals surface area contributed by atoms with E-state index in [0.717, 1.165) is 57.4 Å². The Morgan fingerprint density at radius 2 is 1.96 bits per heavy atom. The molecule has 1 spiro atoms. The number of nitrogens with zero attached hydrogens (tertiary/aromatic N) is 3. The lowest BCUT2D eigenvalue weighted by atomic mass is 9.72. The van der Waals surface area contributed by atoms with Crippen molar-refractivity contribution in [1.29, 1.82) is 0 Å². The topological polar surface area (TPSA) is 36.4 Å². The van der Waals surface area contributed by atoms with Gasteiger partial charge in [0.05, 0.1) is 5.51 Å². The molecule has 0 radical (unpaired) electrons. The van der Waals surface area contributed by atoms with E-state index >= 15 is 0 Å². The van der Waals surface area contributed by atoms with Crippen LogP contribution in [-0.2, 0) is 6.54 Å². The van der Waals surface area contributed by atoms with E-state index < -0.39 is 11.6 Å². The van der Waals surface area contributed by atoms with Crippen LogP contribution in [0.4, 0.5) is 8.78 Å². The van der Waals surface area contributed by atoms with E-state index in [1.165, 1.54) is 23.5 Å². The quantitative estimate of drug-likeness (QED) is 0.795. The molecule has 2 aromatic rings. The van der Waals surface area contributed by atoms with Crippen molar-refractivity contribution < 1.29 is 13.6 Å². The maximum Gasteiger partial charge on any atom is 0.273 e. The molecule has 27 heavy (non-hydrogen) atoms. The highest BCUT2D eigenvalue weighted by atomic mass is 32.1. The first-order valence-corrected chi connectivity index (χ1v) is 10.3. The predicted octanol–water partition coefficient (Wildman–Crippen LogP) is 3.94. The van der Waals surface area contributed by atoms with Crippen LogP contribution in [0.2, 0.25) is 0 Å². The molecule has 0 saturated carbocycles. The molecular formula is C20H23F2N3OS. The number of amides is 1. The Kier molecular flexibility index (Phi) is 5.23. The number of halogens is 2. The lowest BCUT2D eigenvalue weighted by Gasteiger charge is -2.47. The van der Waals surface area contributed by atoms with E-state index in [4.69, 9.17) is 0 Å². The van der Waals surface area contributed by atoms with Crippen LogP contribution in [-0.4, -0.2) is 46.9 Å². The molecule has 0 atom stereocenters. The number of thiazole rings is 1. The molecule has 2 fully saturated rings. The molecule has 1 aromatic heterocycles. The largest absolute Gasteiger partial charge is 0.337 e. The minimum atomic E-state index is -0.802. The number of piperidine rings is 2. The summed E-state index contributed by atoms with van der Waals surface area (Å²) in [5.41, 5.74) is 3.22. The molecular weight excluding hydrogens is 368 g/mol. The van der Waals surface area contributed by atoms with Crippen molar-refractivity contribution in [3.8, 4) is 0 Å². The minimum Gasteiger partial charge on any atom is -0.337 e. The van der Waals surface area contributed by atoms with Crippen molar-refractivity contribution in [2.24, 2.45) is 5.41 Å². The Morgan fingerprint density at radius 1 is 1.15 bits per heavy atom. The average molecular weight is 391 g/mol. The van der Waals surface area contributed by atoms with E-state index in [0.29, 0.717) is 12.2 Å². The molecule has 3 heterocycles. The molecule has 0 unspecified atom stereocenters. The van der Waals surface area contributed by atoms with Gasteiger partial charge in [0, 0.05) is 25.0 Å². The second kappa shape index (κ2) is 7.64. The number of carbonyl (C=O) groups is 1. The van der Waals surface area contributed by atoms with Gasteiger partial charge in [0.25, 0.3) is 5.91 Å². The van der Waals surface area contributed by atoms with Gasteiger partial charge in [-0.05, 0) is 61.9 Å². The van der Waals surface area contributed by atoms with Gasteiger partial charge < -0.3 is 4.90 Å². The molecule has 2 saturated heterocycles. The van der Waals surface area contributed by atoms with Gasteiger partial charge in [-0.25, -0.2) is 13.8 Å². The standard InChI is InChI=1S/C20H23F2N3OS/c21-16-3-2-15(10-17(16)22)11-24-8-5-20(6-9-24)4-1-7-25(13-20)19(26)18-12-27-14-23-18/h2-3,10,12,14H,1,4-9,11,13H2. The number of carbonyl (C=O) groups excluding carboxylic acids is 1. The Balaban J connectivity index is 1.36. The van der Waals surface area contributed by atoms with Crippen molar-refractivity contribution in [2.75, 3.05) is 26.2 Å². The van der Waals surface area contributed by atoms with Crippen LogP contribution < -0.4 is 0 Å². The lowest BCUT2D eigenvalue weighted by Crippen LogP contribution is -2.51. The summed E-state index contributed by atoms with van der Waals surface area (Å²) in [6.07, 6.45) is 4.22. The molecule has 0 bridgehead atoms. The third kappa shape index (κ3) is 4.04. The van der Waals surface area contributed by atoms with Gasteiger partial charge in [-0.15, -0.1) is 11.3 Å². The lowest BCUT2D eigenvalue weighted by molar-refractivity contribution is 0.0195. The van der Waals surface area contributed by atoms with Crippen molar-refractivity contribution in [3.63, 3.8) is 0 Å². The zero-order chi connectivity index (χ0) is 18.9. The first-order chi connectivity index (χ1) is 13.0. The highest BCUT2D eigenvalue weighted by Gasteiger charge is 2.40. The van der Waals surface area contributed by atoms with Crippen molar-refractivity contribution in [1.82, 2.24) is 14.8 Å². The minimum absolute atomic E-state index is 0.0412. The highest BCUT2D eigenvalue weighted by Crippen LogP contribution is 2.40. The summed E-state index contributed by atoms with van der Waals surface area (Å²) in [6, 6.07) is 4.13. The number of likely N-dealkylation sites (tertiary alicyclic amines) is 2. The summed E-state index contributed by atoms with van der Waals surface area (Å²) in [6.45, 7) is 4.06. The van der Waals surface area contributed by atoms with E-state index in [-0.39, 0.29) is 11.3 Å². The molecule has 1 aromatic carbocycles. The number of aromatic nitrogens is 1.